The summed E-state index contributed by atoms with van der Waals surface area (Å²) >= 11 is 0. The summed E-state index contributed by atoms with van der Waals surface area (Å²) in [5, 5.41) is 0.343. The van der Waals surface area contributed by atoms with Crippen LogP contribution in [-0.2, 0) is 0 Å². The first-order chi connectivity index (χ1) is 41.4. The van der Waals surface area contributed by atoms with Crippen LogP contribution >= 0.6 is 0 Å². The summed E-state index contributed by atoms with van der Waals surface area (Å²) in [6.07, 6.45) is 0. The fraction of sp³-hybridized carbons (Fsp3) is 0. The van der Waals surface area contributed by atoms with Gasteiger partial charge in [0.1, 0.15) is 286 Å². The van der Waals surface area contributed by atoms with Crippen LogP contribution in [0.4, 0.5) is 17.1 Å². The van der Waals surface area contributed by atoms with Gasteiger partial charge in [-0.2, -0.15) is 0 Å². The van der Waals surface area contributed by atoms with Crippen molar-refractivity contribution in [1.82, 2.24) is 0 Å². The lowest BCUT2D eigenvalue weighted by molar-refractivity contribution is 0.673. The van der Waals surface area contributed by atoms with Crippen molar-refractivity contribution < 1.29 is 4.42 Å². The van der Waals surface area contributed by atoms with E-state index in [1.165, 1.54) is 0 Å². The molecular weight excluding hydrogens is 1030 g/mol. The summed E-state index contributed by atoms with van der Waals surface area (Å²) < 4.78 is 6.38. The van der Waals surface area contributed by atoms with E-state index in [0.717, 1.165) is 4.90 Å². The highest BCUT2D eigenvalue weighted by Gasteiger charge is 2.33. The standard InChI is InChI=1S/C52B35NO/c53-13-1(14(54)17(57)4-2(13)20(60)34(74)35(75)21(4)61)3-15(55)18(58)5(19(59)16(3)56)7-24(64)41(81)48(42(82)25(7)65)88(49-43(83)26(66)8(27(67)44(49)84)6-22(62)36(76)39(79)37(77)23(6)63)50-45(85)28(68)9(29(69)46(50)86)10-30(70)33(73)31(71)11-12-32(72)38(78)40(80)47(87)52(12)89-51(10)11. The summed E-state index contributed by atoms with van der Waals surface area (Å²) in [6.45, 7) is 0. The molecule has 1 aromatic heterocycles. The molecule has 0 amide bonds. The highest BCUT2D eigenvalue weighted by Crippen LogP contribution is 2.33. The lowest BCUT2D eigenvalue weighted by Gasteiger charge is -2.40. The zero-order valence-corrected chi connectivity index (χ0v) is 47.1. The number of benzene rings is 9. The third-order valence-electron chi connectivity index (χ3n) is 16.6. The van der Waals surface area contributed by atoms with Gasteiger partial charge in [-0.3, -0.25) is 0 Å². The zero-order chi connectivity index (χ0) is 66.3. The van der Waals surface area contributed by atoms with Gasteiger partial charge in [-0.25, -0.2) is 0 Å². The van der Waals surface area contributed by atoms with Gasteiger partial charge in [-0.05, 0) is 49.7 Å². The molecule has 0 aliphatic carbocycles. The normalized spacial score (nSPS) is 11.6. The maximum atomic E-state index is 7.22. The fourth-order valence-corrected chi connectivity index (χ4v) is 11.6. The molecule has 324 valence electrons. The molecule has 0 N–H and O–H groups in total. The van der Waals surface area contributed by atoms with Crippen LogP contribution in [-0.4, -0.2) is 275 Å². The molecule has 0 atom stereocenters. The molecule has 10 rings (SSSR count). The second-order valence-electron chi connectivity index (χ2n) is 21.1. The van der Waals surface area contributed by atoms with Crippen molar-refractivity contribution >= 4 is 516 Å². The first-order valence-corrected chi connectivity index (χ1v) is 25.7. The Hall–Kier alpha value is -4.89. The van der Waals surface area contributed by atoms with Crippen molar-refractivity contribution in [2.24, 2.45) is 0 Å². The summed E-state index contributed by atoms with van der Waals surface area (Å²) in [5.41, 5.74) is -11.7. The Kier molecular flexibility index (Phi) is 17.5. The molecule has 0 aliphatic heterocycles. The third-order valence-corrected chi connectivity index (χ3v) is 16.6. The van der Waals surface area contributed by atoms with E-state index in [9.17, 15) is 0 Å². The molecule has 1 heterocycles. The van der Waals surface area contributed by atoms with E-state index in [0.29, 0.717) is 0 Å². The van der Waals surface area contributed by atoms with Gasteiger partial charge in [-0.15, -0.1) is 43.7 Å². The van der Waals surface area contributed by atoms with E-state index in [1.54, 1.807) is 0 Å². The second-order valence-corrected chi connectivity index (χ2v) is 21.1. The van der Waals surface area contributed by atoms with E-state index in [4.69, 9.17) is 279 Å². The average Bonchev–Trinajstić information content (AvgIpc) is 1.66. The van der Waals surface area contributed by atoms with Crippen molar-refractivity contribution in [3.05, 3.63) is 0 Å². The van der Waals surface area contributed by atoms with Crippen LogP contribution < -0.4 is 196 Å². The monoisotopic (exact) mass is 1040 g/mol. The summed E-state index contributed by atoms with van der Waals surface area (Å²) in [5.74, 6) is 0. The van der Waals surface area contributed by atoms with Crippen LogP contribution in [0.25, 0.3) is 77.2 Å². The Labute approximate surface area is 565 Å². The molecule has 89 heavy (non-hydrogen) atoms. The largest absolute Gasteiger partial charge is 0.456 e. The first kappa shape index (κ1) is 67.0. The molecule has 9 aromatic carbocycles. The lowest BCUT2D eigenvalue weighted by atomic mass is 9.55. The Morgan fingerprint density at radius 3 is 0.629 bits per heavy atom. The smallest absolute Gasteiger partial charge is 0.141 e. The quantitative estimate of drug-likeness (QED) is 0.148. The predicted octanol–water partition coefficient (Wildman–Crippen LogP) is -27.3. The number of hydrogen-bond donors (Lipinski definition) is 0. The van der Waals surface area contributed by atoms with Crippen LogP contribution in [0.1, 0.15) is 0 Å². The Balaban J connectivity index is 1.31. The first-order valence-electron chi connectivity index (χ1n) is 25.7. The Morgan fingerprint density at radius 1 is 0.135 bits per heavy atom. The van der Waals surface area contributed by atoms with Crippen molar-refractivity contribution in [2.45, 2.75) is 0 Å². The number of anilines is 3. The molecule has 0 spiro atoms. The molecule has 10 aromatic rings. The van der Waals surface area contributed by atoms with Crippen LogP contribution in [0.5, 0.6) is 0 Å². The number of hydrogen-bond acceptors (Lipinski definition) is 2. The van der Waals surface area contributed by atoms with Crippen molar-refractivity contribution in [3.8, 4) is 44.5 Å². The van der Waals surface area contributed by atoms with Gasteiger partial charge in [0.25, 0.3) is 0 Å². The van der Waals surface area contributed by atoms with Gasteiger partial charge in [0.05, 0.1) is 0 Å². The van der Waals surface area contributed by atoms with E-state index in [-0.39, 0.29) is 214 Å². The minimum atomic E-state index is -0.478. The third kappa shape index (κ3) is 9.25. The Morgan fingerprint density at radius 2 is 0.303 bits per heavy atom. The Bertz CT molecular complexity index is 4830. The topological polar surface area (TPSA) is 16.4 Å². The van der Waals surface area contributed by atoms with E-state index >= 15 is 0 Å². The minimum Gasteiger partial charge on any atom is -0.456 e. The van der Waals surface area contributed by atoms with E-state index in [2.05, 4.69) is 0 Å². The number of furan rings is 1. The van der Waals surface area contributed by atoms with Gasteiger partial charge in [0.15, 0.2) is 0 Å². The molecule has 0 aliphatic rings. The molecule has 37 heteroatoms. The van der Waals surface area contributed by atoms with E-state index in [1.807, 2.05) is 0 Å². The minimum absolute atomic E-state index is 0.0598. The van der Waals surface area contributed by atoms with E-state index < -0.39 is 71.7 Å². The highest BCUT2D eigenvalue weighted by molar-refractivity contribution is 6.78. The van der Waals surface area contributed by atoms with Crippen LogP contribution in [0.2, 0.25) is 0 Å². The molecule has 0 bridgehead atoms. The van der Waals surface area contributed by atoms with Crippen LogP contribution in [0, 0.1) is 0 Å². The molecule has 70 radical (unpaired) electrons. The number of rotatable bonds is 7. The molecule has 0 saturated heterocycles. The molecule has 0 unspecified atom stereocenters. The highest BCUT2D eigenvalue weighted by atomic mass is 16.3. The summed E-state index contributed by atoms with van der Waals surface area (Å²) in [7, 11) is 236. The van der Waals surface area contributed by atoms with Crippen molar-refractivity contribution in [3.63, 3.8) is 0 Å². The molecule has 0 fully saturated rings. The van der Waals surface area contributed by atoms with Gasteiger partial charge >= 0.3 is 0 Å². The lowest BCUT2D eigenvalue weighted by Crippen LogP contribution is -2.58. The summed E-state index contributed by atoms with van der Waals surface area (Å²) in [4.78, 5) is 1.08. The van der Waals surface area contributed by atoms with Gasteiger partial charge in [0.2, 0.25) is 0 Å². The fourth-order valence-electron chi connectivity index (χ4n) is 11.6. The van der Waals surface area contributed by atoms with Crippen molar-refractivity contribution in [1.29, 1.82) is 0 Å². The van der Waals surface area contributed by atoms with Crippen molar-refractivity contribution in [2.75, 3.05) is 4.90 Å². The molecule has 2 nitrogen and oxygen atoms in total. The zero-order valence-electron chi connectivity index (χ0n) is 47.1. The second kappa shape index (κ2) is 23.3. The SMILES string of the molecule is [B]c1c([B])c([B])c(-c2c([B])c([B])c(N(c3c([B])c([B])c(-c4c([B])c([B])c(-c5c([B])c([B])c6c([B])c([B])c([B])c([B])c6c5[B])c([B])c4[B])c([B])c3[B])c3c([B])c([B])c(-c4c([B])c([B])c([B])c5c4oc4c([B])c([B])c([B])c([B])c45)c([B])c3[B])c([B])c2[B])c([B])c1[B]. The number of fused-ring (bicyclic) bond motifs is 4. The molecule has 0 saturated carbocycles. The van der Waals surface area contributed by atoms with Gasteiger partial charge < -0.3 is 9.32 Å². The van der Waals surface area contributed by atoms with Gasteiger partial charge in [-0.1, -0.05) is 147 Å². The maximum absolute atomic E-state index is 7.22. The van der Waals surface area contributed by atoms with Crippen LogP contribution in [0.3, 0.4) is 0 Å². The predicted molar refractivity (Wildman–Crippen MR) is 416 cm³/mol. The number of nitrogens with zero attached hydrogens (tertiary/aromatic N) is 1. The average molecular weight is 1030 g/mol. The maximum Gasteiger partial charge on any atom is 0.141 e. The summed E-state index contributed by atoms with van der Waals surface area (Å²) in [6, 6.07) is 0. The molecular formula is C52B35NO. The van der Waals surface area contributed by atoms with Gasteiger partial charge in [0, 0.05) is 33.4 Å². The van der Waals surface area contributed by atoms with Crippen LogP contribution in [0.15, 0.2) is 4.42 Å².